The summed E-state index contributed by atoms with van der Waals surface area (Å²) in [5.41, 5.74) is 1.30. The number of hydrogen-bond acceptors (Lipinski definition) is 5. The van der Waals surface area contributed by atoms with Crippen molar-refractivity contribution in [1.82, 2.24) is 9.97 Å². The Morgan fingerprint density at radius 3 is 3.09 bits per heavy atom. The molecule has 2 heterocycles. The average molecular weight is 299 g/mol. The van der Waals surface area contributed by atoms with Gasteiger partial charge in [-0.25, -0.2) is 4.98 Å². The number of ketones is 1. The molecule has 2 aromatic rings. The predicted octanol–water partition coefficient (Wildman–Crippen LogP) is 2.57. The van der Waals surface area contributed by atoms with Crippen LogP contribution in [-0.2, 0) is 11.2 Å². The summed E-state index contributed by atoms with van der Waals surface area (Å²) >= 11 is 0. The molecule has 2 aromatic heterocycles. The third kappa shape index (κ3) is 3.16. The van der Waals surface area contributed by atoms with E-state index in [-0.39, 0.29) is 17.5 Å². The van der Waals surface area contributed by atoms with Gasteiger partial charge in [-0.15, -0.1) is 0 Å². The molecule has 114 valence electrons. The van der Waals surface area contributed by atoms with Crippen LogP contribution in [0.2, 0.25) is 0 Å². The van der Waals surface area contributed by atoms with E-state index < -0.39 is 0 Å². The fraction of sp³-hybridized carbons (Fsp3) is 0.312. The average Bonchev–Trinajstić information content (AvgIpc) is 3.19. The first-order chi connectivity index (χ1) is 10.7. The molecule has 0 aliphatic heterocycles. The largest absolute Gasteiger partial charge is 0.511 e. The molecule has 0 radical (unpaired) electrons. The molecule has 22 heavy (non-hydrogen) atoms. The fourth-order valence-electron chi connectivity index (χ4n) is 2.54. The number of rotatable bonds is 5. The topological polar surface area (TPSA) is 91.5 Å². The molecule has 1 aliphatic carbocycles. The van der Waals surface area contributed by atoms with E-state index in [9.17, 15) is 9.90 Å². The Morgan fingerprint density at radius 1 is 1.50 bits per heavy atom. The highest BCUT2D eigenvalue weighted by Crippen LogP contribution is 2.33. The van der Waals surface area contributed by atoms with Gasteiger partial charge in [0.25, 0.3) is 0 Å². The molecule has 0 fully saturated rings. The molecule has 0 spiro atoms. The number of furan rings is 1. The number of nitrogens with zero attached hydrogens (tertiary/aromatic N) is 2. The van der Waals surface area contributed by atoms with Crippen LogP contribution in [0.15, 0.2) is 51.7 Å². The lowest BCUT2D eigenvalue weighted by Gasteiger charge is -2.20. The molecule has 1 unspecified atom stereocenters. The molecule has 1 aliphatic rings. The lowest BCUT2D eigenvalue weighted by molar-refractivity contribution is -0.116. The molecule has 2 N–H and O–H groups in total. The minimum atomic E-state index is -0.101. The number of allylic oxidation sites excluding steroid dienone is 2. The van der Waals surface area contributed by atoms with Crippen molar-refractivity contribution in [2.75, 3.05) is 6.54 Å². The van der Waals surface area contributed by atoms with Crippen LogP contribution in [0, 0.1) is 0 Å². The molecule has 3 rings (SSSR count). The first kappa shape index (κ1) is 14.3. The first-order valence-electron chi connectivity index (χ1n) is 7.20. The first-order valence-corrected chi connectivity index (χ1v) is 7.20. The number of carbonyl (C=O) groups is 1. The SMILES string of the molecule is O=C1CC(c2ccco2)CC(O)=C1C=NCCc1cnc[nH]1. The minimum absolute atomic E-state index is 0.0861. The summed E-state index contributed by atoms with van der Waals surface area (Å²) in [6.07, 6.45) is 7.87. The second-order valence-corrected chi connectivity index (χ2v) is 5.27. The van der Waals surface area contributed by atoms with Gasteiger partial charge >= 0.3 is 0 Å². The highest BCUT2D eigenvalue weighted by molar-refractivity contribution is 6.14. The number of hydrogen-bond donors (Lipinski definition) is 2. The molecule has 0 aromatic carbocycles. The summed E-state index contributed by atoms with van der Waals surface area (Å²) in [5.74, 6) is 0.623. The van der Waals surface area contributed by atoms with E-state index in [1.54, 1.807) is 24.9 Å². The van der Waals surface area contributed by atoms with Gasteiger partial charge in [-0.3, -0.25) is 9.79 Å². The van der Waals surface area contributed by atoms with E-state index in [4.69, 9.17) is 4.42 Å². The van der Waals surface area contributed by atoms with Gasteiger partial charge in [0.05, 0.1) is 18.2 Å². The summed E-state index contributed by atoms with van der Waals surface area (Å²) in [6.45, 7) is 0.536. The third-order valence-corrected chi connectivity index (χ3v) is 3.71. The van der Waals surface area contributed by atoms with E-state index in [0.29, 0.717) is 31.4 Å². The maximum Gasteiger partial charge on any atom is 0.168 e. The molecule has 0 amide bonds. The van der Waals surface area contributed by atoms with Crippen molar-refractivity contribution in [1.29, 1.82) is 0 Å². The Bertz CT molecular complexity index is 684. The van der Waals surface area contributed by atoms with E-state index in [0.717, 1.165) is 11.5 Å². The number of aromatic nitrogens is 2. The van der Waals surface area contributed by atoms with Gasteiger partial charge in [-0.05, 0) is 12.1 Å². The fourth-order valence-corrected chi connectivity index (χ4v) is 2.54. The van der Waals surface area contributed by atoms with Gasteiger partial charge in [0.2, 0.25) is 0 Å². The van der Waals surface area contributed by atoms with Crippen LogP contribution in [-0.4, -0.2) is 33.6 Å². The minimum Gasteiger partial charge on any atom is -0.511 e. The van der Waals surface area contributed by atoms with E-state index in [1.165, 1.54) is 6.21 Å². The van der Waals surface area contributed by atoms with Gasteiger partial charge in [-0.2, -0.15) is 0 Å². The van der Waals surface area contributed by atoms with Crippen LogP contribution >= 0.6 is 0 Å². The van der Waals surface area contributed by atoms with Gasteiger partial charge < -0.3 is 14.5 Å². The van der Waals surface area contributed by atoms with Crippen molar-refractivity contribution < 1.29 is 14.3 Å². The Hall–Kier alpha value is -2.63. The van der Waals surface area contributed by atoms with Gasteiger partial charge in [0, 0.05) is 49.8 Å². The van der Waals surface area contributed by atoms with Crippen LogP contribution in [0.25, 0.3) is 0 Å². The van der Waals surface area contributed by atoms with Crippen molar-refractivity contribution >= 4 is 12.0 Å². The highest BCUT2D eigenvalue weighted by atomic mass is 16.3. The molecule has 6 nitrogen and oxygen atoms in total. The number of imidazole rings is 1. The maximum atomic E-state index is 12.2. The zero-order chi connectivity index (χ0) is 15.4. The number of carbonyl (C=O) groups excluding carboxylic acids is 1. The van der Waals surface area contributed by atoms with Gasteiger partial charge in [0.15, 0.2) is 5.78 Å². The van der Waals surface area contributed by atoms with Crippen LogP contribution in [0.1, 0.15) is 30.2 Å². The quantitative estimate of drug-likeness (QED) is 0.830. The van der Waals surface area contributed by atoms with Crippen LogP contribution < -0.4 is 0 Å². The van der Waals surface area contributed by atoms with Gasteiger partial charge in [0.1, 0.15) is 11.5 Å². The van der Waals surface area contributed by atoms with Crippen LogP contribution in [0.3, 0.4) is 0 Å². The number of aromatic amines is 1. The smallest absolute Gasteiger partial charge is 0.168 e. The Balaban J connectivity index is 1.63. The number of aliphatic hydroxyl groups excluding tert-OH is 1. The zero-order valence-corrected chi connectivity index (χ0v) is 12.0. The number of Topliss-reactive ketones (excluding diaryl/α,β-unsaturated/α-hetero) is 1. The Kier molecular flexibility index (Phi) is 4.18. The Morgan fingerprint density at radius 2 is 2.41 bits per heavy atom. The molecule has 0 saturated carbocycles. The number of aliphatic imine (C=N–C) groups is 1. The maximum absolute atomic E-state index is 12.2. The lowest BCUT2D eigenvalue weighted by Crippen LogP contribution is -2.19. The molecule has 6 heteroatoms. The predicted molar refractivity (Wildman–Crippen MR) is 81.0 cm³/mol. The van der Waals surface area contributed by atoms with Gasteiger partial charge in [-0.1, -0.05) is 0 Å². The normalized spacial score (nSPS) is 19.3. The van der Waals surface area contributed by atoms with Crippen molar-refractivity contribution in [3.63, 3.8) is 0 Å². The highest BCUT2D eigenvalue weighted by Gasteiger charge is 2.29. The molecular weight excluding hydrogens is 282 g/mol. The van der Waals surface area contributed by atoms with Crippen molar-refractivity contribution in [3.8, 4) is 0 Å². The number of nitrogens with one attached hydrogen (secondary N) is 1. The summed E-state index contributed by atoms with van der Waals surface area (Å²) in [6, 6.07) is 3.61. The van der Waals surface area contributed by atoms with Crippen molar-refractivity contribution in [3.05, 3.63) is 53.7 Å². The summed E-state index contributed by atoms with van der Waals surface area (Å²) in [7, 11) is 0. The van der Waals surface area contributed by atoms with E-state index >= 15 is 0 Å². The lowest BCUT2D eigenvalue weighted by atomic mass is 9.86. The monoisotopic (exact) mass is 299 g/mol. The second kappa shape index (κ2) is 6.43. The number of aliphatic hydroxyl groups is 1. The van der Waals surface area contributed by atoms with Crippen LogP contribution in [0.4, 0.5) is 0 Å². The molecule has 0 bridgehead atoms. The second-order valence-electron chi connectivity index (χ2n) is 5.27. The third-order valence-electron chi connectivity index (χ3n) is 3.71. The zero-order valence-electron chi connectivity index (χ0n) is 12.0. The van der Waals surface area contributed by atoms with Crippen molar-refractivity contribution in [2.24, 2.45) is 4.99 Å². The Labute approximate surface area is 127 Å². The molecular formula is C16H17N3O3. The summed E-state index contributed by atoms with van der Waals surface area (Å²) in [4.78, 5) is 23.3. The summed E-state index contributed by atoms with van der Waals surface area (Å²) in [5, 5.41) is 10.1. The van der Waals surface area contributed by atoms with Crippen molar-refractivity contribution in [2.45, 2.75) is 25.2 Å². The van der Waals surface area contributed by atoms with Crippen LogP contribution in [0.5, 0.6) is 0 Å². The number of H-pyrrole nitrogens is 1. The van der Waals surface area contributed by atoms with E-state index in [1.807, 2.05) is 6.07 Å². The molecule has 1 atom stereocenters. The van der Waals surface area contributed by atoms with E-state index in [2.05, 4.69) is 15.0 Å². The molecule has 0 saturated heterocycles. The standard InChI is InChI=1S/C16H17N3O3/c20-14-6-11(16-2-1-5-22-16)7-15(21)13(14)9-17-4-3-12-8-18-10-19-12/h1-2,5,8-11,20H,3-4,6-7H2,(H,18,19). The summed E-state index contributed by atoms with van der Waals surface area (Å²) < 4.78 is 5.32.